The molecule has 4 aromatic carbocycles. The predicted molar refractivity (Wildman–Crippen MR) is 148 cm³/mol. The van der Waals surface area contributed by atoms with Crippen LogP contribution in [-0.4, -0.2) is 21.7 Å². The Kier molecular flexibility index (Phi) is 7.13. The second-order valence-electron chi connectivity index (χ2n) is 9.42. The van der Waals surface area contributed by atoms with Crippen LogP contribution in [0.3, 0.4) is 0 Å². The second kappa shape index (κ2) is 10.8. The van der Waals surface area contributed by atoms with Gasteiger partial charge in [-0.2, -0.15) is 4.98 Å². The van der Waals surface area contributed by atoms with E-state index in [1.807, 2.05) is 18.2 Å². The van der Waals surface area contributed by atoms with Crippen LogP contribution in [-0.2, 0) is 0 Å². The highest BCUT2D eigenvalue weighted by Crippen LogP contribution is 2.32. The second-order valence-corrected chi connectivity index (χ2v) is 9.42. The highest BCUT2D eigenvalue weighted by molar-refractivity contribution is 5.99. The van der Waals surface area contributed by atoms with Gasteiger partial charge in [0.05, 0.1) is 17.9 Å². The summed E-state index contributed by atoms with van der Waals surface area (Å²) < 4.78 is 6.23. The third-order valence-electron chi connectivity index (χ3n) is 6.86. The molecule has 36 heavy (non-hydrogen) atoms. The van der Waals surface area contributed by atoms with E-state index in [0.29, 0.717) is 29.8 Å². The molecule has 5 aromatic rings. The largest absolute Gasteiger partial charge is 0.507 e. The number of aromatic nitrogens is 2. The SMILES string of the molecule is CCCCC(CC)COc1cc(-c2ccc3cc4ccccc4cc3c2)nc(-c2ccccc2O)n1. The fourth-order valence-corrected chi connectivity index (χ4v) is 4.63. The number of ether oxygens (including phenoxy) is 1. The number of fused-ring (bicyclic) bond motifs is 2. The average molecular weight is 477 g/mol. The van der Waals surface area contributed by atoms with E-state index in [-0.39, 0.29) is 5.75 Å². The van der Waals surface area contributed by atoms with Crippen molar-refractivity contribution in [3.63, 3.8) is 0 Å². The van der Waals surface area contributed by atoms with Gasteiger partial charge in [-0.15, -0.1) is 0 Å². The van der Waals surface area contributed by atoms with Gasteiger partial charge in [-0.3, -0.25) is 0 Å². The van der Waals surface area contributed by atoms with Gasteiger partial charge in [0, 0.05) is 11.6 Å². The molecule has 0 aliphatic rings. The Hall–Kier alpha value is -3.92. The first kappa shape index (κ1) is 23.8. The summed E-state index contributed by atoms with van der Waals surface area (Å²) >= 11 is 0. The lowest BCUT2D eigenvalue weighted by Gasteiger charge is -2.16. The standard InChI is InChI=1S/C32H32N2O2/c1-3-5-10-22(4-2)21-36-31-20-29(33-32(34-31)28-13-8-9-14-30(28)35)26-16-15-25-17-23-11-6-7-12-24(23)18-27(25)19-26/h6-9,11-20,22,35H,3-5,10,21H2,1-2H3. The van der Waals surface area contributed by atoms with Gasteiger partial charge >= 0.3 is 0 Å². The van der Waals surface area contributed by atoms with Crippen LogP contribution in [0.15, 0.2) is 84.9 Å². The lowest BCUT2D eigenvalue weighted by Crippen LogP contribution is -2.12. The maximum absolute atomic E-state index is 10.5. The number of benzene rings is 4. The normalized spacial score (nSPS) is 12.2. The van der Waals surface area contributed by atoms with Crippen molar-refractivity contribution < 1.29 is 9.84 Å². The molecule has 0 saturated carbocycles. The Morgan fingerprint density at radius 3 is 2.25 bits per heavy atom. The van der Waals surface area contributed by atoms with Crippen molar-refractivity contribution >= 4 is 21.5 Å². The molecule has 0 saturated heterocycles. The molecule has 1 aromatic heterocycles. The number of hydrogen-bond acceptors (Lipinski definition) is 4. The van der Waals surface area contributed by atoms with Crippen molar-refractivity contribution in [2.45, 2.75) is 39.5 Å². The summed E-state index contributed by atoms with van der Waals surface area (Å²) in [6, 6.07) is 28.3. The van der Waals surface area contributed by atoms with Crippen LogP contribution in [0.5, 0.6) is 11.6 Å². The number of nitrogens with zero attached hydrogens (tertiary/aromatic N) is 2. The number of aromatic hydroxyl groups is 1. The highest BCUT2D eigenvalue weighted by atomic mass is 16.5. The molecule has 0 aliphatic heterocycles. The van der Waals surface area contributed by atoms with E-state index in [0.717, 1.165) is 29.5 Å². The van der Waals surface area contributed by atoms with Gasteiger partial charge in [-0.05, 0) is 64.2 Å². The molecular formula is C32H32N2O2. The van der Waals surface area contributed by atoms with Gasteiger partial charge in [0.25, 0.3) is 0 Å². The van der Waals surface area contributed by atoms with Crippen LogP contribution in [0.2, 0.25) is 0 Å². The van der Waals surface area contributed by atoms with E-state index in [1.54, 1.807) is 12.1 Å². The van der Waals surface area contributed by atoms with Crippen LogP contribution >= 0.6 is 0 Å². The lowest BCUT2D eigenvalue weighted by atomic mass is 10.0. The van der Waals surface area contributed by atoms with E-state index >= 15 is 0 Å². The summed E-state index contributed by atoms with van der Waals surface area (Å²) in [6.45, 7) is 5.05. The first-order valence-electron chi connectivity index (χ1n) is 12.9. The Labute approximate surface area is 212 Å². The van der Waals surface area contributed by atoms with Gasteiger partial charge in [0.15, 0.2) is 5.82 Å². The summed E-state index contributed by atoms with van der Waals surface area (Å²) in [5.74, 6) is 1.64. The minimum atomic E-state index is 0.153. The van der Waals surface area contributed by atoms with Gasteiger partial charge < -0.3 is 9.84 Å². The van der Waals surface area contributed by atoms with E-state index in [2.05, 4.69) is 73.4 Å². The molecule has 0 aliphatic carbocycles. The minimum absolute atomic E-state index is 0.153. The Morgan fingerprint density at radius 2 is 1.50 bits per heavy atom. The van der Waals surface area contributed by atoms with E-state index in [4.69, 9.17) is 9.72 Å². The Balaban J connectivity index is 1.55. The molecule has 5 rings (SSSR count). The third kappa shape index (κ3) is 5.18. The fraction of sp³-hybridized carbons (Fsp3) is 0.250. The number of rotatable bonds is 9. The first-order valence-corrected chi connectivity index (χ1v) is 12.9. The van der Waals surface area contributed by atoms with E-state index in [1.165, 1.54) is 29.0 Å². The molecule has 4 heteroatoms. The molecule has 1 atom stereocenters. The van der Waals surface area contributed by atoms with Crippen molar-refractivity contribution in [2.75, 3.05) is 6.61 Å². The number of phenols is 1. The quantitative estimate of drug-likeness (QED) is 0.217. The van der Waals surface area contributed by atoms with E-state index < -0.39 is 0 Å². The number of phenolic OH excluding ortho intramolecular Hbond substituents is 1. The molecule has 182 valence electrons. The summed E-state index contributed by atoms with van der Waals surface area (Å²) in [6.07, 6.45) is 4.60. The first-order chi connectivity index (χ1) is 17.6. The van der Waals surface area contributed by atoms with Crippen molar-refractivity contribution in [3.05, 3.63) is 84.9 Å². The Bertz CT molecular complexity index is 1490. The van der Waals surface area contributed by atoms with E-state index in [9.17, 15) is 5.11 Å². The van der Waals surface area contributed by atoms with Crippen molar-refractivity contribution in [1.29, 1.82) is 0 Å². The van der Waals surface area contributed by atoms with Gasteiger partial charge in [-0.1, -0.05) is 81.6 Å². The van der Waals surface area contributed by atoms with Gasteiger partial charge in [0.2, 0.25) is 5.88 Å². The fourth-order valence-electron chi connectivity index (χ4n) is 4.63. The molecule has 0 spiro atoms. The molecule has 1 N–H and O–H groups in total. The predicted octanol–water partition coefficient (Wildman–Crippen LogP) is 8.42. The van der Waals surface area contributed by atoms with Crippen molar-refractivity contribution in [1.82, 2.24) is 9.97 Å². The van der Waals surface area contributed by atoms with Gasteiger partial charge in [0.1, 0.15) is 5.75 Å². The molecule has 1 unspecified atom stereocenters. The van der Waals surface area contributed by atoms with Crippen LogP contribution in [0, 0.1) is 5.92 Å². The van der Waals surface area contributed by atoms with Crippen LogP contribution in [0.4, 0.5) is 0 Å². The maximum atomic E-state index is 10.5. The van der Waals surface area contributed by atoms with Crippen LogP contribution in [0.1, 0.15) is 39.5 Å². The summed E-state index contributed by atoms with van der Waals surface area (Å²) in [7, 11) is 0. The number of hydrogen-bond donors (Lipinski definition) is 1. The maximum Gasteiger partial charge on any atom is 0.217 e. The number of unbranched alkanes of at least 4 members (excludes halogenated alkanes) is 1. The highest BCUT2D eigenvalue weighted by Gasteiger charge is 2.15. The topological polar surface area (TPSA) is 55.2 Å². The molecule has 0 bridgehead atoms. The van der Waals surface area contributed by atoms with Gasteiger partial charge in [-0.25, -0.2) is 4.98 Å². The molecule has 0 amide bonds. The zero-order valence-corrected chi connectivity index (χ0v) is 20.9. The van der Waals surface area contributed by atoms with Crippen molar-refractivity contribution in [2.24, 2.45) is 5.92 Å². The molecule has 4 nitrogen and oxygen atoms in total. The average Bonchev–Trinajstić information content (AvgIpc) is 2.91. The molecule has 0 fully saturated rings. The lowest BCUT2D eigenvalue weighted by molar-refractivity contribution is 0.226. The summed E-state index contributed by atoms with van der Waals surface area (Å²) in [5, 5.41) is 15.3. The smallest absolute Gasteiger partial charge is 0.217 e. The molecule has 0 radical (unpaired) electrons. The van der Waals surface area contributed by atoms with Crippen molar-refractivity contribution in [3.8, 4) is 34.3 Å². The zero-order chi connectivity index (χ0) is 24.9. The third-order valence-corrected chi connectivity index (χ3v) is 6.86. The monoisotopic (exact) mass is 476 g/mol. The summed E-state index contributed by atoms with van der Waals surface area (Å²) in [4.78, 5) is 9.54. The Morgan fingerprint density at radius 1 is 0.778 bits per heavy atom. The summed E-state index contributed by atoms with van der Waals surface area (Å²) in [5.41, 5.74) is 2.35. The zero-order valence-electron chi connectivity index (χ0n) is 20.9. The molecule has 1 heterocycles. The van der Waals surface area contributed by atoms with Crippen LogP contribution in [0.25, 0.3) is 44.2 Å². The van der Waals surface area contributed by atoms with Crippen LogP contribution < -0.4 is 4.74 Å². The molecular weight excluding hydrogens is 444 g/mol. The minimum Gasteiger partial charge on any atom is -0.507 e. The number of para-hydroxylation sites is 1.